The summed E-state index contributed by atoms with van der Waals surface area (Å²) in [6.45, 7) is 8.25. The molecule has 1 amide bonds. The summed E-state index contributed by atoms with van der Waals surface area (Å²) in [6.07, 6.45) is 3.76. The lowest BCUT2D eigenvalue weighted by molar-refractivity contribution is 0.0982. The Bertz CT molecular complexity index is 1300. The van der Waals surface area contributed by atoms with Gasteiger partial charge in [-0.3, -0.25) is 9.69 Å². The highest BCUT2D eigenvalue weighted by Gasteiger charge is 2.27. The van der Waals surface area contributed by atoms with Gasteiger partial charge in [-0.1, -0.05) is 11.6 Å². The molecule has 2 fully saturated rings. The second-order valence-corrected chi connectivity index (χ2v) is 10.3. The molecule has 2 aliphatic heterocycles. The topological polar surface area (TPSA) is 80.4 Å². The van der Waals surface area contributed by atoms with Crippen LogP contribution in [0.5, 0.6) is 0 Å². The number of carbonyl (C=O) groups is 1. The lowest BCUT2D eigenvalue weighted by Gasteiger charge is -2.42. The number of rotatable bonds is 5. The van der Waals surface area contributed by atoms with Crippen LogP contribution >= 0.6 is 11.6 Å². The molecule has 5 rings (SSSR count). The number of hydrogen-bond acceptors (Lipinski definition) is 6. The van der Waals surface area contributed by atoms with Gasteiger partial charge in [0.25, 0.3) is 5.91 Å². The highest BCUT2D eigenvalue weighted by atomic mass is 35.5. The quantitative estimate of drug-likeness (QED) is 0.547. The first-order valence-corrected chi connectivity index (χ1v) is 13.1. The maximum Gasteiger partial charge on any atom is 0.259 e. The van der Waals surface area contributed by atoms with E-state index in [0.717, 1.165) is 69.2 Å². The van der Waals surface area contributed by atoms with Gasteiger partial charge in [-0.25, -0.2) is 4.68 Å². The van der Waals surface area contributed by atoms with E-state index in [2.05, 4.69) is 38.2 Å². The van der Waals surface area contributed by atoms with Crippen molar-refractivity contribution in [3.05, 3.63) is 70.5 Å². The molecule has 9 heteroatoms. The summed E-state index contributed by atoms with van der Waals surface area (Å²) in [6, 6.07) is 15.8. The first-order valence-electron chi connectivity index (χ1n) is 12.8. The van der Waals surface area contributed by atoms with E-state index in [1.54, 1.807) is 29.1 Å². The highest BCUT2D eigenvalue weighted by molar-refractivity contribution is 6.30. The second-order valence-electron chi connectivity index (χ2n) is 9.89. The maximum absolute atomic E-state index is 13.0. The molecule has 0 spiro atoms. The standard InChI is InChI=1S/C28H32ClN7O/c1-20-26(19-31-36(20)25-6-3-22(29)4-7-25)28(37)32-23-5-8-27(21(17-23)18-30)35-11-9-24(10-12-35)34-15-13-33(2)14-16-34/h3-8,17,19,24H,9-16H2,1-2H3,(H,32,37). The Kier molecular flexibility index (Phi) is 7.47. The number of nitrogens with zero attached hydrogens (tertiary/aromatic N) is 6. The van der Waals surface area contributed by atoms with Gasteiger partial charge in [-0.15, -0.1) is 0 Å². The third-order valence-electron chi connectivity index (χ3n) is 7.56. The number of nitrogens with one attached hydrogen (secondary N) is 1. The van der Waals surface area contributed by atoms with Crippen LogP contribution in [0.1, 0.15) is 34.5 Å². The summed E-state index contributed by atoms with van der Waals surface area (Å²) in [5, 5.41) is 17.8. The van der Waals surface area contributed by atoms with Crippen LogP contribution in [0.3, 0.4) is 0 Å². The van der Waals surface area contributed by atoms with Gasteiger partial charge in [0.15, 0.2) is 0 Å². The van der Waals surface area contributed by atoms with Crippen molar-refractivity contribution in [1.82, 2.24) is 19.6 Å². The summed E-state index contributed by atoms with van der Waals surface area (Å²) in [5.74, 6) is -0.262. The second kappa shape index (κ2) is 10.9. The number of likely N-dealkylation sites (N-methyl/N-ethyl adjacent to an activating group) is 1. The molecule has 0 bridgehead atoms. The molecule has 2 aromatic carbocycles. The number of anilines is 2. The summed E-state index contributed by atoms with van der Waals surface area (Å²) in [5.41, 5.74) is 4.13. The zero-order valence-corrected chi connectivity index (χ0v) is 22.1. The normalized spacial score (nSPS) is 17.5. The van der Waals surface area contributed by atoms with Gasteiger partial charge in [0.2, 0.25) is 0 Å². The van der Waals surface area contributed by atoms with Gasteiger partial charge in [-0.2, -0.15) is 10.4 Å². The predicted molar refractivity (Wildman–Crippen MR) is 147 cm³/mol. The number of hydrogen-bond donors (Lipinski definition) is 1. The van der Waals surface area contributed by atoms with E-state index in [9.17, 15) is 10.1 Å². The molecule has 0 aliphatic carbocycles. The smallest absolute Gasteiger partial charge is 0.259 e. The van der Waals surface area contributed by atoms with Gasteiger partial charge < -0.3 is 15.1 Å². The molecule has 0 saturated carbocycles. The van der Waals surface area contributed by atoms with Crippen LogP contribution in [0.4, 0.5) is 11.4 Å². The van der Waals surface area contributed by atoms with Crippen LogP contribution in [0.15, 0.2) is 48.7 Å². The van der Waals surface area contributed by atoms with Crippen molar-refractivity contribution in [1.29, 1.82) is 5.26 Å². The molecule has 2 saturated heterocycles. The maximum atomic E-state index is 13.0. The number of halogens is 1. The third-order valence-corrected chi connectivity index (χ3v) is 7.81. The lowest BCUT2D eigenvalue weighted by atomic mass is 10.0. The fraction of sp³-hybridized carbons (Fsp3) is 0.393. The van der Waals surface area contributed by atoms with E-state index in [0.29, 0.717) is 27.9 Å². The Hall–Kier alpha value is -3.38. The van der Waals surface area contributed by atoms with Gasteiger partial charge in [0, 0.05) is 56.0 Å². The molecular weight excluding hydrogens is 486 g/mol. The first-order chi connectivity index (χ1) is 17.9. The van der Waals surface area contributed by atoms with Crippen LogP contribution in [0.2, 0.25) is 5.02 Å². The van der Waals surface area contributed by atoms with Crippen molar-refractivity contribution >= 4 is 28.9 Å². The minimum Gasteiger partial charge on any atom is -0.370 e. The monoisotopic (exact) mass is 517 g/mol. The van der Waals surface area contributed by atoms with Gasteiger partial charge >= 0.3 is 0 Å². The highest BCUT2D eigenvalue weighted by Crippen LogP contribution is 2.29. The fourth-order valence-corrected chi connectivity index (χ4v) is 5.44. The Morgan fingerprint density at radius 3 is 2.43 bits per heavy atom. The van der Waals surface area contributed by atoms with Gasteiger partial charge in [0.05, 0.1) is 34.4 Å². The number of piperidine rings is 1. The summed E-state index contributed by atoms with van der Waals surface area (Å²) >= 11 is 5.99. The Balaban J connectivity index is 1.24. The van der Waals surface area contributed by atoms with Crippen LogP contribution in [-0.4, -0.2) is 77.8 Å². The Labute approximate surface area is 223 Å². The van der Waals surface area contributed by atoms with Crippen LogP contribution in [0.25, 0.3) is 5.69 Å². The van der Waals surface area contributed by atoms with Crippen molar-refractivity contribution in [2.45, 2.75) is 25.8 Å². The largest absolute Gasteiger partial charge is 0.370 e. The number of carbonyl (C=O) groups excluding carboxylic acids is 1. The summed E-state index contributed by atoms with van der Waals surface area (Å²) < 4.78 is 1.71. The van der Waals surface area contributed by atoms with E-state index in [1.165, 1.54) is 0 Å². The van der Waals surface area contributed by atoms with Crippen molar-refractivity contribution in [2.75, 3.05) is 56.5 Å². The van der Waals surface area contributed by atoms with Crippen LogP contribution < -0.4 is 10.2 Å². The predicted octanol–water partition coefficient (Wildman–Crippen LogP) is 4.17. The minimum atomic E-state index is -0.262. The molecule has 1 N–H and O–H groups in total. The van der Waals surface area contributed by atoms with E-state index >= 15 is 0 Å². The SMILES string of the molecule is Cc1c(C(=O)Nc2ccc(N3CCC(N4CCN(C)CC4)CC3)c(C#N)c2)cnn1-c1ccc(Cl)cc1. The minimum absolute atomic E-state index is 0.262. The molecule has 37 heavy (non-hydrogen) atoms. The van der Waals surface area contributed by atoms with Gasteiger partial charge in [0.1, 0.15) is 6.07 Å². The molecule has 0 unspecified atom stereocenters. The third kappa shape index (κ3) is 5.49. The van der Waals surface area contributed by atoms with E-state index < -0.39 is 0 Å². The van der Waals surface area contributed by atoms with Crippen molar-refractivity contribution in [3.8, 4) is 11.8 Å². The molecule has 2 aliphatic rings. The summed E-state index contributed by atoms with van der Waals surface area (Å²) in [7, 11) is 2.19. The molecule has 1 aromatic heterocycles. The molecule has 8 nitrogen and oxygen atoms in total. The zero-order chi connectivity index (χ0) is 25.9. The number of aromatic nitrogens is 2. The van der Waals surface area contributed by atoms with Crippen molar-refractivity contribution < 1.29 is 4.79 Å². The number of amides is 1. The molecule has 3 heterocycles. The van der Waals surface area contributed by atoms with E-state index in [-0.39, 0.29) is 5.91 Å². The fourth-order valence-electron chi connectivity index (χ4n) is 5.31. The van der Waals surface area contributed by atoms with Crippen molar-refractivity contribution in [2.24, 2.45) is 0 Å². The number of piperazine rings is 1. The zero-order valence-electron chi connectivity index (χ0n) is 21.3. The van der Waals surface area contributed by atoms with Crippen molar-refractivity contribution in [3.63, 3.8) is 0 Å². The summed E-state index contributed by atoms with van der Waals surface area (Å²) in [4.78, 5) is 20.4. The lowest BCUT2D eigenvalue weighted by Crippen LogP contribution is -2.52. The van der Waals surface area contributed by atoms with E-state index in [1.807, 2.05) is 31.2 Å². The average molecular weight is 518 g/mol. The van der Waals surface area contributed by atoms with Crippen LogP contribution in [-0.2, 0) is 0 Å². The van der Waals surface area contributed by atoms with Gasteiger partial charge in [-0.05, 0) is 69.3 Å². The number of benzene rings is 2. The van der Waals surface area contributed by atoms with E-state index in [4.69, 9.17) is 11.6 Å². The van der Waals surface area contributed by atoms with Crippen LogP contribution in [0, 0.1) is 18.3 Å². The number of nitriles is 1. The molecule has 0 atom stereocenters. The molecule has 192 valence electrons. The first kappa shape index (κ1) is 25.3. The molecular formula is C28H32ClN7O. The average Bonchev–Trinajstić information content (AvgIpc) is 3.31. The molecule has 3 aromatic rings. The molecule has 0 radical (unpaired) electrons. The Morgan fingerprint density at radius 2 is 1.76 bits per heavy atom. The Morgan fingerprint density at radius 1 is 1.05 bits per heavy atom.